The van der Waals surface area contributed by atoms with Gasteiger partial charge in [0, 0.05) is 55.6 Å². The maximum atomic E-state index is 2.50. The molecule has 0 fully saturated rings. The second-order valence-corrected chi connectivity index (χ2v) is 32.2. The molecule has 0 N–H and O–H groups in total. The normalized spacial score (nSPS) is 15.1. The molecule has 516 valence electrons. The van der Waals surface area contributed by atoms with E-state index >= 15 is 0 Å². The van der Waals surface area contributed by atoms with Crippen molar-refractivity contribution in [3.05, 3.63) is 420 Å². The van der Waals surface area contributed by atoms with Crippen molar-refractivity contribution in [1.29, 1.82) is 0 Å². The van der Waals surface area contributed by atoms with Crippen LogP contribution in [0.1, 0.15) is 95.2 Å². The smallest absolute Gasteiger partial charge is 0.0547 e. The minimum absolute atomic E-state index is 0.0793. The van der Waals surface area contributed by atoms with E-state index in [1.807, 2.05) is 0 Å². The zero-order valence-corrected chi connectivity index (χ0v) is 61.7. The van der Waals surface area contributed by atoms with Gasteiger partial charge in [-0.05, 0) is 250 Å². The molecule has 110 heavy (non-hydrogen) atoms. The summed E-state index contributed by atoms with van der Waals surface area (Å²) in [5.74, 6) is 0.420. The first-order valence-corrected chi connectivity index (χ1v) is 38.9. The second-order valence-electron chi connectivity index (χ2n) is 32.2. The van der Waals surface area contributed by atoms with Gasteiger partial charge in [0.15, 0.2) is 0 Å². The van der Waals surface area contributed by atoms with Gasteiger partial charge in [0.05, 0.1) is 22.1 Å². The number of benzene rings is 18. The standard InChI is InChI=1S/2C54H37N/c1-54(2)49-18-10-9-16-42(49)46-32-52-48(31-50(46)54)47-30-38(23-26-51(47)55(52)40-24-21-34-12-4-6-14-36(34)28-40)37-22-25-44-45(29-37)41-15-7-8-17-43(41)53(44)39-20-19-33-11-3-5-13-35(33)27-39;1-54(2)49-18-10-9-16-42(49)46-31-48-47-30-38(23-26-51(47)55(52(48)32-50(46)54)40-24-21-34-12-4-6-14-36(34)28-40)37-22-25-44-45(29-37)41-15-7-8-17-43(41)53(44)39-20-19-33-11-3-5-13-35(33)27-39/h2*3-32,53H,1-2H3. The lowest BCUT2D eigenvalue weighted by Gasteiger charge is -2.21. The highest BCUT2D eigenvalue weighted by atomic mass is 15.0. The van der Waals surface area contributed by atoms with Crippen molar-refractivity contribution in [3.63, 3.8) is 0 Å². The van der Waals surface area contributed by atoms with Crippen molar-refractivity contribution in [2.45, 2.75) is 50.4 Å². The minimum atomic E-state index is -0.0820. The summed E-state index contributed by atoms with van der Waals surface area (Å²) < 4.78 is 4.98. The lowest BCUT2D eigenvalue weighted by atomic mass is 9.82. The van der Waals surface area contributed by atoms with Crippen LogP contribution in [0.4, 0.5) is 0 Å². The maximum absolute atomic E-state index is 2.50. The van der Waals surface area contributed by atoms with Gasteiger partial charge in [-0.25, -0.2) is 0 Å². The van der Waals surface area contributed by atoms with Crippen LogP contribution in [0.5, 0.6) is 0 Å². The Morgan fingerprint density at radius 2 is 0.536 bits per heavy atom. The molecule has 0 spiro atoms. The van der Waals surface area contributed by atoms with Crippen LogP contribution in [0.2, 0.25) is 0 Å². The van der Waals surface area contributed by atoms with Crippen molar-refractivity contribution in [2.75, 3.05) is 0 Å². The van der Waals surface area contributed by atoms with E-state index in [0.717, 1.165) is 0 Å². The average Bonchev–Trinajstić information content (AvgIpc) is 1.55. The first-order valence-electron chi connectivity index (χ1n) is 38.9. The number of hydrogen-bond acceptors (Lipinski definition) is 0. The first kappa shape index (κ1) is 62.8. The molecule has 0 saturated carbocycles. The SMILES string of the molecule is CC1(C)c2ccccc2-c2cc3c(cc21)c1cc(-c2ccc4c(c2)-c2ccccc2C4c2ccc4ccccc4c2)ccc1n3-c1ccc2ccccc2c1.CC1(C)c2ccccc2-c2cc3c4cc(-c5ccc6c(c5)-c5ccccc5C6c5ccc6ccccc6c5)ccc4n(-c4ccc5ccccc5c4)c3cc21. The van der Waals surface area contributed by atoms with E-state index in [9.17, 15) is 0 Å². The Bertz CT molecular complexity index is 7360. The van der Waals surface area contributed by atoms with E-state index < -0.39 is 0 Å². The van der Waals surface area contributed by atoms with Gasteiger partial charge in [0.2, 0.25) is 0 Å². The molecule has 20 aromatic rings. The maximum Gasteiger partial charge on any atom is 0.0547 e. The minimum Gasteiger partial charge on any atom is -0.309 e. The zero-order valence-electron chi connectivity index (χ0n) is 61.7. The predicted octanol–water partition coefficient (Wildman–Crippen LogP) is 28.4. The van der Waals surface area contributed by atoms with Crippen molar-refractivity contribution in [3.8, 4) is 78.1 Å². The molecular formula is C108H74N2. The van der Waals surface area contributed by atoms with Crippen molar-refractivity contribution in [1.82, 2.24) is 9.13 Å². The Morgan fingerprint density at radius 1 is 0.200 bits per heavy atom. The average molecular weight is 1400 g/mol. The monoisotopic (exact) mass is 1400 g/mol. The van der Waals surface area contributed by atoms with E-state index in [1.54, 1.807) is 0 Å². The topological polar surface area (TPSA) is 9.86 Å². The fourth-order valence-corrected chi connectivity index (χ4v) is 20.2. The van der Waals surface area contributed by atoms with E-state index in [-0.39, 0.29) is 22.7 Å². The molecule has 2 unspecified atom stereocenters. The number of nitrogens with zero attached hydrogens (tertiary/aromatic N) is 2. The van der Waals surface area contributed by atoms with Crippen LogP contribution in [0, 0.1) is 0 Å². The van der Waals surface area contributed by atoms with Gasteiger partial charge in [-0.3, -0.25) is 0 Å². The van der Waals surface area contributed by atoms with Gasteiger partial charge in [0.25, 0.3) is 0 Å². The largest absolute Gasteiger partial charge is 0.309 e. The second kappa shape index (κ2) is 23.6. The van der Waals surface area contributed by atoms with Crippen LogP contribution < -0.4 is 0 Å². The first-order chi connectivity index (χ1) is 54.0. The molecule has 4 aliphatic carbocycles. The lowest BCUT2D eigenvalue weighted by molar-refractivity contribution is 0.661. The van der Waals surface area contributed by atoms with Crippen LogP contribution in [0.15, 0.2) is 364 Å². The van der Waals surface area contributed by atoms with E-state index in [1.165, 1.54) is 220 Å². The Labute approximate surface area is 639 Å². The van der Waals surface area contributed by atoms with Gasteiger partial charge in [-0.15, -0.1) is 0 Å². The van der Waals surface area contributed by atoms with Crippen LogP contribution in [-0.4, -0.2) is 9.13 Å². The molecule has 2 nitrogen and oxygen atoms in total. The summed E-state index contributed by atoms with van der Waals surface area (Å²) in [6, 6.07) is 137. The third kappa shape index (κ3) is 9.30. The van der Waals surface area contributed by atoms with Gasteiger partial charge in [-0.1, -0.05) is 307 Å². The summed E-state index contributed by atoms with van der Waals surface area (Å²) in [6.07, 6.45) is 0. The fraction of sp³-hybridized carbons (Fsp3) is 0.0741. The summed E-state index contributed by atoms with van der Waals surface area (Å²) in [5, 5.41) is 15.3. The Kier molecular flexibility index (Phi) is 13.4. The Morgan fingerprint density at radius 3 is 1.01 bits per heavy atom. The highest BCUT2D eigenvalue weighted by Crippen LogP contribution is 2.56. The van der Waals surface area contributed by atoms with Crippen LogP contribution in [0.3, 0.4) is 0 Å². The molecule has 2 aromatic heterocycles. The van der Waals surface area contributed by atoms with Gasteiger partial charge >= 0.3 is 0 Å². The Balaban J connectivity index is 0.000000132. The molecule has 2 heteroatoms. The predicted molar refractivity (Wildman–Crippen MR) is 463 cm³/mol. The van der Waals surface area contributed by atoms with Gasteiger partial charge in [0.1, 0.15) is 0 Å². The van der Waals surface area contributed by atoms with Crippen LogP contribution in [0.25, 0.3) is 165 Å². The van der Waals surface area contributed by atoms with E-state index in [0.29, 0.717) is 0 Å². The van der Waals surface area contributed by atoms with Crippen LogP contribution in [-0.2, 0) is 10.8 Å². The summed E-state index contributed by atoms with van der Waals surface area (Å²) in [4.78, 5) is 0. The van der Waals surface area contributed by atoms with E-state index in [2.05, 4.69) is 401 Å². The number of fused-ring (bicyclic) bond motifs is 22. The quantitative estimate of drug-likeness (QED) is 0.157. The van der Waals surface area contributed by atoms with E-state index in [4.69, 9.17) is 0 Å². The van der Waals surface area contributed by atoms with Crippen molar-refractivity contribution in [2.24, 2.45) is 0 Å². The lowest BCUT2D eigenvalue weighted by Crippen LogP contribution is -2.14. The highest BCUT2D eigenvalue weighted by Gasteiger charge is 2.39. The molecule has 0 aliphatic heterocycles. The molecule has 2 heterocycles. The third-order valence-corrected chi connectivity index (χ3v) is 25.7. The molecule has 24 rings (SSSR count). The van der Waals surface area contributed by atoms with Crippen LogP contribution >= 0.6 is 0 Å². The summed E-state index contributed by atoms with van der Waals surface area (Å²) >= 11 is 0. The Hall–Kier alpha value is -13.4. The molecule has 2 atom stereocenters. The fourth-order valence-electron chi connectivity index (χ4n) is 20.2. The van der Waals surface area contributed by atoms with Gasteiger partial charge in [-0.2, -0.15) is 0 Å². The number of hydrogen-bond donors (Lipinski definition) is 0. The highest BCUT2D eigenvalue weighted by molar-refractivity contribution is 6.15. The van der Waals surface area contributed by atoms with Gasteiger partial charge < -0.3 is 9.13 Å². The molecule has 4 aliphatic rings. The van der Waals surface area contributed by atoms with Crippen molar-refractivity contribution >= 4 is 86.7 Å². The number of rotatable bonds is 6. The summed E-state index contributed by atoms with van der Waals surface area (Å²) in [5.41, 5.74) is 36.7. The van der Waals surface area contributed by atoms with Crippen molar-refractivity contribution < 1.29 is 0 Å². The molecule has 0 saturated heterocycles. The molecule has 18 aromatic carbocycles. The molecular weight excluding hydrogens is 1330 g/mol. The number of aromatic nitrogens is 2. The molecule has 0 amide bonds. The zero-order chi connectivity index (χ0) is 72.8. The summed E-state index contributed by atoms with van der Waals surface area (Å²) in [6.45, 7) is 9.51. The summed E-state index contributed by atoms with van der Waals surface area (Å²) in [7, 11) is 0. The third-order valence-electron chi connectivity index (χ3n) is 25.7. The molecule has 0 bridgehead atoms. The molecule has 0 radical (unpaired) electrons.